The van der Waals surface area contributed by atoms with Gasteiger partial charge in [0, 0.05) is 11.3 Å². The van der Waals surface area contributed by atoms with E-state index in [0.29, 0.717) is 16.8 Å². The number of anilines is 1. The standard InChI is InChI=1S/C19H18F3N3O2/c1-18(2,16-24-17(27-25-16)19(20,21)22)13-10-8-12(9-11-13)15(26)23-14-6-4-3-5-7-14/h3-11,17H,1-2H3,(H,23,26)(H,24,25). The maximum Gasteiger partial charge on any atom is 0.448 e. The van der Waals surface area contributed by atoms with Gasteiger partial charge in [-0.2, -0.15) is 13.2 Å². The van der Waals surface area contributed by atoms with Gasteiger partial charge in [-0.3, -0.25) is 4.79 Å². The second-order valence-electron chi connectivity index (χ2n) is 6.63. The molecule has 3 rings (SSSR count). The molecule has 2 aromatic carbocycles. The molecule has 0 aromatic heterocycles. The van der Waals surface area contributed by atoms with Crippen molar-refractivity contribution in [2.45, 2.75) is 31.7 Å². The number of alkyl halides is 3. The molecular formula is C19H18F3N3O2. The molecule has 5 nitrogen and oxygen atoms in total. The summed E-state index contributed by atoms with van der Waals surface area (Å²) in [7, 11) is 0. The SMILES string of the molecule is CC(C)(C1=NOC(C(F)(F)F)N1)c1ccc(C(=O)Nc2ccccc2)cc1. The fourth-order valence-electron chi connectivity index (χ4n) is 2.62. The zero-order chi connectivity index (χ0) is 19.7. The van der Waals surface area contributed by atoms with Crippen LogP contribution in [0.15, 0.2) is 59.8 Å². The topological polar surface area (TPSA) is 62.7 Å². The van der Waals surface area contributed by atoms with E-state index in [1.165, 1.54) is 0 Å². The Labute approximate surface area is 154 Å². The molecule has 0 saturated carbocycles. The molecule has 0 spiro atoms. The highest BCUT2D eigenvalue weighted by molar-refractivity contribution is 6.04. The second-order valence-corrected chi connectivity index (χ2v) is 6.63. The molecule has 2 aromatic rings. The number of rotatable bonds is 4. The number of carbonyl (C=O) groups is 1. The number of hydrogen-bond acceptors (Lipinski definition) is 4. The third kappa shape index (κ3) is 4.05. The first kappa shape index (κ1) is 18.8. The third-order valence-corrected chi connectivity index (χ3v) is 4.31. The molecule has 1 unspecified atom stereocenters. The van der Waals surface area contributed by atoms with Crippen molar-refractivity contribution in [2.24, 2.45) is 5.16 Å². The lowest BCUT2D eigenvalue weighted by Gasteiger charge is -2.25. The van der Waals surface area contributed by atoms with Gasteiger partial charge in [-0.15, -0.1) is 0 Å². The van der Waals surface area contributed by atoms with E-state index in [0.717, 1.165) is 0 Å². The molecule has 1 amide bonds. The van der Waals surface area contributed by atoms with Gasteiger partial charge < -0.3 is 15.5 Å². The molecular weight excluding hydrogens is 359 g/mol. The summed E-state index contributed by atoms with van der Waals surface area (Å²) in [6, 6.07) is 15.6. The Kier molecular flexibility index (Phi) is 4.82. The van der Waals surface area contributed by atoms with Crippen molar-refractivity contribution in [2.75, 3.05) is 5.32 Å². The van der Waals surface area contributed by atoms with E-state index in [1.54, 1.807) is 50.2 Å². The molecule has 0 saturated heterocycles. The number of halogens is 3. The highest BCUT2D eigenvalue weighted by Crippen LogP contribution is 2.30. The van der Waals surface area contributed by atoms with Gasteiger partial charge in [0.25, 0.3) is 12.1 Å². The van der Waals surface area contributed by atoms with Crippen LogP contribution in [0.1, 0.15) is 29.8 Å². The molecule has 2 N–H and O–H groups in total. The number of nitrogens with zero attached hydrogens (tertiary/aromatic N) is 1. The Morgan fingerprint density at radius 3 is 2.26 bits per heavy atom. The van der Waals surface area contributed by atoms with Crippen LogP contribution in [0.25, 0.3) is 0 Å². The van der Waals surface area contributed by atoms with E-state index < -0.39 is 17.8 Å². The van der Waals surface area contributed by atoms with Crippen LogP contribution >= 0.6 is 0 Å². The van der Waals surface area contributed by atoms with Gasteiger partial charge >= 0.3 is 6.18 Å². The molecule has 1 atom stereocenters. The van der Waals surface area contributed by atoms with Crippen molar-refractivity contribution in [3.05, 3.63) is 65.7 Å². The number of oxime groups is 1. The van der Waals surface area contributed by atoms with Crippen molar-refractivity contribution >= 4 is 17.4 Å². The third-order valence-electron chi connectivity index (χ3n) is 4.31. The lowest BCUT2D eigenvalue weighted by Crippen LogP contribution is -2.47. The van der Waals surface area contributed by atoms with Crippen molar-refractivity contribution in [1.29, 1.82) is 0 Å². The highest BCUT2D eigenvalue weighted by Gasteiger charge is 2.48. The molecule has 1 heterocycles. The smallest absolute Gasteiger partial charge is 0.359 e. The molecule has 0 aliphatic carbocycles. The molecule has 1 aliphatic rings. The fraction of sp³-hybridized carbons (Fsp3) is 0.263. The Balaban J connectivity index is 1.72. The summed E-state index contributed by atoms with van der Waals surface area (Å²) in [5, 5.41) is 8.59. The van der Waals surface area contributed by atoms with Crippen LogP contribution in [-0.4, -0.2) is 24.1 Å². The van der Waals surface area contributed by atoms with Crippen molar-refractivity contribution in [3.8, 4) is 0 Å². The average molecular weight is 377 g/mol. The molecule has 1 aliphatic heterocycles. The normalized spacial score (nSPS) is 16.9. The minimum absolute atomic E-state index is 0.0753. The Hall–Kier alpha value is -3.03. The number of amidine groups is 1. The fourth-order valence-corrected chi connectivity index (χ4v) is 2.62. The summed E-state index contributed by atoms with van der Waals surface area (Å²) in [4.78, 5) is 16.7. The van der Waals surface area contributed by atoms with E-state index in [4.69, 9.17) is 0 Å². The number of benzene rings is 2. The quantitative estimate of drug-likeness (QED) is 0.845. The summed E-state index contributed by atoms with van der Waals surface area (Å²) in [5.74, 6) is -0.200. The summed E-state index contributed by atoms with van der Waals surface area (Å²) in [6.45, 7) is 3.44. The molecule has 8 heteroatoms. The second kappa shape index (κ2) is 6.94. The maximum absolute atomic E-state index is 12.7. The Morgan fingerprint density at radius 1 is 1.07 bits per heavy atom. The van der Waals surface area contributed by atoms with E-state index in [1.807, 2.05) is 18.2 Å². The summed E-state index contributed by atoms with van der Waals surface area (Å²) >= 11 is 0. The summed E-state index contributed by atoms with van der Waals surface area (Å²) in [6.07, 6.45) is -6.71. The number of para-hydroxylation sites is 1. The monoisotopic (exact) mass is 377 g/mol. The van der Waals surface area contributed by atoms with Crippen molar-refractivity contribution in [1.82, 2.24) is 5.32 Å². The van der Waals surface area contributed by atoms with Gasteiger partial charge in [-0.05, 0) is 43.7 Å². The van der Waals surface area contributed by atoms with E-state index in [2.05, 4.69) is 20.6 Å². The largest absolute Gasteiger partial charge is 0.448 e. The van der Waals surface area contributed by atoms with Gasteiger partial charge in [0.15, 0.2) is 5.84 Å². The van der Waals surface area contributed by atoms with Crippen LogP contribution in [0.5, 0.6) is 0 Å². The molecule has 0 radical (unpaired) electrons. The first-order valence-electron chi connectivity index (χ1n) is 8.22. The van der Waals surface area contributed by atoms with Gasteiger partial charge in [0.2, 0.25) is 0 Å². The Morgan fingerprint density at radius 2 is 1.70 bits per heavy atom. The minimum atomic E-state index is -4.55. The van der Waals surface area contributed by atoms with Gasteiger partial charge in [-0.1, -0.05) is 35.5 Å². The zero-order valence-corrected chi connectivity index (χ0v) is 14.7. The maximum atomic E-state index is 12.7. The van der Waals surface area contributed by atoms with Crippen LogP contribution in [0.2, 0.25) is 0 Å². The molecule has 142 valence electrons. The van der Waals surface area contributed by atoms with Gasteiger partial charge in [-0.25, -0.2) is 0 Å². The van der Waals surface area contributed by atoms with Crippen LogP contribution < -0.4 is 10.6 Å². The van der Waals surface area contributed by atoms with Crippen LogP contribution in [0.3, 0.4) is 0 Å². The van der Waals surface area contributed by atoms with Crippen molar-refractivity contribution < 1.29 is 22.8 Å². The minimum Gasteiger partial charge on any atom is -0.359 e. The van der Waals surface area contributed by atoms with E-state index in [9.17, 15) is 18.0 Å². The Bertz CT molecular complexity index is 847. The molecule has 0 fully saturated rings. The summed E-state index contributed by atoms with van der Waals surface area (Å²) in [5.41, 5.74) is 0.946. The van der Waals surface area contributed by atoms with Gasteiger partial charge in [0.05, 0.1) is 5.41 Å². The first-order chi connectivity index (χ1) is 12.7. The number of carbonyl (C=O) groups excluding carboxylic acids is 1. The predicted octanol–water partition coefficient (Wildman–Crippen LogP) is 4.04. The zero-order valence-electron chi connectivity index (χ0n) is 14.7. The first-order valence-corrected chi connectivity index (χ1v) is 8.22. The van der Waals surface area contributed by atoms with E-state index >= 15 is 0 Å². The van der Waals surface area contributed by atoms with Crippen molar-refractivity contribution in [3.63, 3.8) is 0 Å². The average Bonchev–Trinajstić information content (AvgIpc) is 3.14. The number of nitrogens with one attached hydrogen (secondary N) is 2. The van der Waals surface area contributed by atoms with E-state index in [-0.39, 0.29) is 11.7 Å². The summed E-state index contributed by atoms with van der Waals surface area (Å²) < 4.78 is 38.2. The lowest BCUT2D eigenvalue weighted by molar-refractivity contribution is -0.218. The van der Waals surface area contributed by atoms with Crippen LogP contribution in [-0.2, 0) is 10.3 Å². The van der Waals surface area contributed by atoms with Crippen LogP contribution in [0.4, 0.5) is 18.9 Å². The molecule has 0 bridgehead atoms. The van der Waals surface area contributed by atoms with Gasteiger partial charge in [0.1, 0.15) is 0 Å². The van der Waals surface area contributed by atoms with Crippen LogP contribution in [0, 0.1) is 0 Å². The predicted molar refractivity (Wildman–Crippen MR) is 95.4 cm³/mol. The highest BCUT2D eigenvalue weighted by atomic mass is 19.4. The lowest BCUT2D eigenvalue weighted by atomic mass is 9.83. The molecule has 27 heavy (non-hydrogen) atoms. The number of hydrogen-bond donors (Lipinski definition) is 2. The number of amides is 1.